The Balaban J connectivity index is 0.00000338. The highest BCUT2D eigenvalue weighted by atomic mass is 127. The van der Waals surface area contributed by atoms with Crippen LogP contribution in [-0.2, 0) is 6.54 Å². The highest BCUT2D eigenvalue weighted by Gasteiger charge is 2.07. The molecule has 0 aliphatic carbocycles. The van der Waals surface area contributed by atoms with Crippen LogP contribution in [0.5, 0.6) is 11.5 Å². The van der Waals surface area contributed by atoms with Crippen molar-refractivity contribution in [3.05, 3.63) is 36.7 Å². The molecule has 1 heterocycles. The van der Waals surface area contributed by atoms with Crippen LogP contribution in [0, 0.1) is 5.92 Å². The molecule has 8 heteroatoms. The maximum Gasteiger partial charge on any atom is 0.195 e. The van der Waals surface area contributed by atoms with Gasteiger partial charge in [-0.2, -0.15) is 5.10 Å². The predicted octanol–water partition coefficient (Wildman–Crippen LogP) is 3.23. The maximum absolute atomic E-state index is 5.34. The van der Waals surface area contributed by atoms with E-state index >= 15 is 0 Å². The van der Waals surface area contributed by atoms with Crippen molar-refractivity contribution in [1.29, 1.82) is 0 Å². The third-order valence-electron chi connectivity index (χ3n) is 3.61. The molecule has 2 aromatic rings. The lowest BCUT2D eigenvalue weighted by atomic mass is 10.2. The minimum Gasteiger partial charge on any atom is -0.493 e. The summed E-state index contributed by atoms with van der Waals surface area (Å²) in [5, 5.41) is 10.8. The maximum atomic E-state index is 5.34. The fourth-order valence-electron chi connectivity index (χ4n) is 2.39. The Morgan fingerprint density at radius 3 is 2.65 bits per heavy atom. The van der Waals surface area contributed by atoms with Crippen LogP contribution in [0.15, 0.2) is 41.7 Å². The van der Waals surface area contributed by atoms with Gasteiger partial charge in [0.15, 0.2) is 17.5 Å². The molecule has 0 spiro atoms. The molecule has 2 rings (SSSR count). The van der Waals surface area contributed by atoms with Gasteiger partial charge in [0.1, 0.15) is 0 Å². The van der Waals surface area contributed by atoms with Crippen LogP contribution < -0.4 is 20.1 Å². The number of ether oxygens (including phenoxy) is 2. The number of nitrogens with zero attached hydrogens (tertiary/aromatic N) is 3. The Bertz CT molecular complexity index is 676. The molecule has 0 aliphatic heterocycles. The molecule has 0 amide bonds. The summed E-state index contributed by atoms with van der Waals surface area (Å²) >= 11 is 0. The predicted molar refractivity (Wildman–Crippen MR) is 116 cm³/mol. The van der Waals surface area contributed by atoms with E-state index in [1.165, 1.54) is 0 Å². The van der Waals surface area contributed by atoms with E-state index in [1.54, 1.807) is 20.4 Å². The fourth-order valence-corrected chi connectivity index (χ4v) is 2.39. The first-order chi connectivity index (χ1) is 12.2. The van der Waals surface area contributed by atoms with Crippen LogP contribution in [0.2, 0.25) is 0 Å². The van der Waals surface area contributed by atoms with Crippen LogP contribution in [0.3, 0.4) is 0 Å². The monoisotopic (exact) mass is 473 g/mol. The lowest BCUT2D eigenvalue weighted by Gasteiger charge is -2.15. The minimum atomic E-state index is 0. The van der Waals surface area contributed by atoms with Crippen LogP contribution in [0.4, 0.5) is 5.69 Å². The quantitative estimate of drug-likeness (QED) is 0.350. The highest BCUT2D eigenvalue weighted by molar-refractivity contribution is 14.0. The van der Waals surface area contributed by atoms with Gasteiger partial charge in [0.2, 0.25) is 0 Å². The van der Waals surface area contributed by atoms with Gasteiger partial charge in [-0.3, -0.25) is 9.67 Å². The standard InChI is InChI=1S/C18H27N5O2.HI/c1-5-19-18(20-12-14(2)13-23-10-6-9-21-23)22-15-7-8-16(24-3)17(11-15)25-4;/h6-11,14H,5,12-13H2,1-4H3,(H2,19,20,22);1H. The molecule has 7 nitrogen and oxygen atoms in total. The number of hydrogen-bond donors (Lipinski definition) is 2. The number of aromatic nitrogens is 2. The number of hydrogen-bond acceptors (Lipinski definition) is 4. The van der Waals surface area contributed by atoms with Gasteiger partial charge >= 0.3 is 0 Å². The van der Waals surface area contributed by atoms with Crippen molar-refractivity contribution in [2.45, 2.75) is 20.4 Å². The first-order valence-corrected chi connectivity index (χ1v) is 8.41. The number of anilines is 1. The molecular formula is C18H28IN5O2. The Morgan fingerprint density at radius 1 is 1.27 bits per heavy atom. The molecule has 0 radical (unpaired) electrons. The number of benzene rings is 1. The number of halogens is 1. The molecule has 0 saturated heterocycles. The van der Waals surface area contributed by atoms with E-state index in [2.05, 4.69) is 27.6 Å². The molecule has 0 aliphatic rings. The summed E-state index contributed by atoms with van der Waals surface area (Å²) in [7, 11) is 3.25. The van der Waals surface area contributed by atoms with Gasteiger partial charge in [0, 0.05) is 43.8 Å². The third-order valence-corrected chi connectivity index (χ3v) is 3.61. The van der Waals surface area contributed by atoms with Crippen LogP contribution in [0.25, 0.3) is 0 Å². The first-order valence-electron chi connectivity index (χ1n) is 8.41. The van der Waals surface area contributed by atoms with E-state index in [0.29, 0.717) is 24.0 Å². The van der Waals surface area contributed by atoms with Crippen molar-refractivity contribution in [2.75, 3.05) is 32.6 Å². The Hall–Kier alpha value is -1.97. The Kier molecular flexibility index (Phi) is 9.85. The molecule has 2 N–H and O–H groups in total. The summed E-state index contributed by atoms with van der Waals surface area (Å²) in [6.45, 7) is 6.52. The molecule has 1 atom stereocenters. The molecular weight excluding hydrogens is 445 g/mol. The molecule has 0 fully saturated rings. The molecule has 1 unspecified atom stereocenters. The van der Waals surface area contributed by atoms with Crippen molar-refractivity contribution in [2.24, 2.45) is 10.9 Å². The number of nitrogens with one attached hydrogen (secondary N) is 2. The van der Waals surface area contributed by atoms with E-state index in [1.807, 2.05) is 42.1 Å². The van der Waals surface area contributed by atoms with Gasteiger partial charge in [-0.15, -0.1) is 24.0 Å². The fraction of sp³-hybridized carbons (Fsp3) is 0.444. The molecule has 1 aromatic carbocycles. The Labute approximate surface area is 172 Å². The van der Waals surface area contributed by atoms with Gasteiger partial charge in [0.25, 0.3) is 0 Å². The number of guanidine groups is 1. The number of aliphatic imine (C=N–C) groups is 1. The lowest BCUT2D eigenvalue weighted by molar-refractivity contribution is 0.355. The van der Waals surface area contributed by atoms with Gasteiger partial charge in [-0.25, -0.2) is 0 Å². The van der Waals surface area contributed by atoms with Gasteiger partial charge in [-0.05, 0) is 31.0 Å². The summed E-state index contributed by atoms with van der Waals surface area (Å²) in [6.07, 6.45) is 3.76. The summed E-state index contributed by atoms with van der Waals surface area (Å²) in [6, 6.07) is 7.62. The van der Waals surface area contributed by atoms with E-state index in [-0.39, 0.29) is 24.0 Å². The third kappa shape index (κ3) is 6.74. The summed E-state index contributed by atoms with van der Waals surface area (Å²) < 4.78 is 12.5. The smallest absolute Gasteiger partial charge is 0.195 e. The number of rotatable bonds is 8. The van der Waals surface area contributed by atoms with Crippen molar-refractivity contribution in [3.8, 4) is 11.5 Å². The zero-order valence-corrected chi connectivity index (χ0v) is 18.1. The van der Waals surface area contributed by atoms with Crippen LogP contribution in [-0.4, -0.2) is 43.0 Å². The number of methoxy groups -OCH3 is 2. The molecule has 26 heavy (non-hydrogen) atoms. The zero-order chi connectivity index (χ0) is 18.1. The van der Waals surface area contributed by atoms with E-state index in [4.69, 9.17) is 9.47 Å². The summed E-state index contributed by atoms with van der Waals surface area (Å²) in [4.78, 5) is 4.67. The molecule has 0 bridgehead atoms. The van der Waals surface area contributed by atoms with Crippen LogP contribution >= 0.6 is 24.0 Å². The second kappa shape index (κ2) is 11.6. The second-order valence-electron chi connectivity index (χ2n) is 5.75. The normalized spacial score (nSPS) is 12.1. The lowest BCUT2D eigenvalue weighted by Crippen LogP contribution is -2.31. The minimum absolute atomic E-state index is 0. The Morgan fingerprint density at radius 2 is 2.04 bits per heavy atom. The highest BCUT2D eigenvalue weighted by Crippen LogP contribution is 2.29. The van der Waals surface area contributed by atoms with E-state index in [9.17, 15) is 0 Å². The largest absolute Gasteiger partial charge is 0.493 e. The SMILES string of the molecule is CCNC(=NCC(C)Cn1cccn1)Nc1ccc(OC)c(OC)c1.I. The van der Waals surface area contributed by atoms with Gasteiger partial charge < -0.3 is 20.1 Å². The second-order valence-corrected chi connectivity index (χ2v) is 5.75. The van der Waals surface area contributed by atoms with Gasteiger partial charge in [0.05, 0.1) is 14.2 Å². The molecule has 1 aromatic heterocycles. The zero-order valence-electron chi connectivity index (χ0n) is 15.7. The average Bonchev–Trinajstić information content (AvgIpc) is 3.12. The summed E-state index contributed by atoms with van der Waals surface area (Å²) in [5.74, 6) is 2.49. The van der Waals surface area contributed by atoms with Crippen molar-refractivity contribution >= 4 is 35.6 Å². The van der Waals surface area contributed by atoms with E-state index < -0.39 is 0 Å². The molecule has 0 saturated carbocycles. The van der Waals surface area contributed by atoms with E-state index in [0.717, 1.165) is 24.7 Å². The topological polar surface area (TPSA) is 72.7 Å². The molecule has 144 valence electrons. The average molecular weight is 473 g/mol. The van der Waals surface area contributed by atoms with Gasteiger partial charge in [-0.1, -0.05) is 6.92 Å². The van der Waals surface area contributed by atoms with Crippen molar-refractivity contribution < 1.29 is 9.47 Å². The van der Waals surface area contributed by atoms with Crippen LogP contribution in [0.1, 0.15) is 13.8 Å². The van der Waals surface area contributed by atoms with Crippen molar-refractivity contribution in [1.82, 2.24) is 15.1 Å². The first kappa shape index (κ1) is 22.1. The van der Waals surface area contributed by atoms with Crippen molar-refractivity contribution in [3.63, 3.8) is 0 Å². The summed E-state index contributed by atoms with van der Waals surface area (Å²) in [5.41, 5.74) is 0.886.